The minimum Gasteiger partial charge on any atom is -0.487 e. The van der Waals surface area contributed by atoms with E-state index in [1.54, 1.807) is 12.4 Å². The summed E-state index contributed by atoms with van der Waals surface area (Å²) in [7, 11) is 0. The van der Waals surface area contributed by atoms with E-state index < -0.39 is 5.54 Å². The largest absolute Gasteiger partial charge is 0.487 e. The molecule has 2 fully saturated rings. The molecule has 0 radical (unpaired) electrons. The molecule has 1 aromatic carbocycles. The molecule has 3 heterocycles. The zero-order chi connectivity index (χ0) is 22.0. The number of fused-ring (bicyclic) bond motifs is 1. The van der Waals surface area contributed by atoms with Gasteiger partial charge in [-0.15, -0.1) is 0 Å². The second-order valence-corrected chi connectivity index (χ2v) is 9.46. The van der Waals surface area contributed by atoms with Gasteiger partial charge in [0.25, 0.3) is 0 Å². The maximum absolute atomic E-state index is 13.5. The zero-order valence-electron chi connectivity index (χ0n) is 18.3. The third-order valence-electron chi connectivity index (χ3n) is 7.06. The number of rotatable bonds is 5. The first-order valence-electron chi connectivity index (χ1n) is 11.7. The van der Waals surface area contributed by atoms with Gasteiger partial charge < -0.3 is 14.8 Å². The van der Waals surface area contributed by atoms with Crippen LogP contribution < -0.4 is 10.1 Å². The van der Waals surface area contributed by atoms with E-state index in [9.17, 15) is 4.79 Å². The van der Waals surface area contributed by atoms with Crippen molar-refractivity contribution in [3.05, 3.63) is 47.2 Å². The van der Waals surface area contributed by atoms with Gasteiger partial charge in [-0.05, 0) is 42.7 Å². The average molecular weight is 456 g/mol. The Bertz CT molecular complexity index is 956. The molecule has 6 nitrogen and oxygen atoms in total. The molecule has 0 spiro atoms. The molecule has 5 rings (SSSR count). The Morgan fingerprint density at radius 1 is 1.16 bits per heavy atom. The fourth-order valence-electron chi connectivity index (χ4n) is 5.44. The van der Waals surface area contributed by atoms with Crippen LogP contribution in [-0.4, -0.2) is 60.3 Å². The van der Waals surface area contributed by atoms with E-state index in [-0.39, 0.29) is 12.0 Å². The maximum Gasteiger partial charge on any atom is 0.240 e. The summed E-state index contributed by atoms with van der Waals surface area (Å²) in [6.07, 6.45) is 9.43. The van der Waals surface area contributed by atoms with Gasteiger partial charge in [0.15, 0.2) is 0 Å². The second kappa shape index (κ2) is 9.38. The third-order valence-corrected chi connectivity index (χ3v) is 7.28. The molecule has 0 bridgehead atoms. The monoisotopic (exact) mass is 455 g/mol. The number of aromatic nitrogens is 1. The predicted octanol–water partition coefficient (Wildman–Crippen LogP) is 3.86. The van der Waals surface area contributed by atoms with Crippen LogP contribution in [0.5, 0.6) is 5.75 Å². The highest BCUT2D eigenvalue weighted by Crippen LogP contribution is 2.41. The molecule has 1 N–H and O–H groups in total. The van der Waals surface area contributed by atoms with Gasteiger partial charge in [-0.1, -0.05) is 30.9 Å². The third kappa shape index (κ3) is 4.24. The Morgan fingerprint density at radius 2 is 1.91 bits per heavy atom. The molecule has 1 saturated heterocycles. The van der Waals surface area contributed by atoms with Crippen LogP contribution in [-0.2, 0) is 16.0 Å². The highest BCUT2D eigenvalue weighted by atomic mass is 35.5. The van der Waals surface area contributed by atoms with Gasteiger partial charge in [-0.25, -0.2) is 0 Å². The quantitative estimate of drug-likeness (QED) is 0.741. The molecule has 1 aliphatic carbocycles. The number of halogens is 1. The highest BCUT2D eigenvalue weighted by Gasteiger charge is 2.45. The first kappa shape index (κ1) is 21.7. The summed E-state index contributed by atoms with van der Waals surface area (Å²) in [6, 6.07) is 7.82. The van der Waals surface area contributed by atoms with E-state index in [4.69, 9.17) is 21.1 Å². The van der Waals surface area contributed by atoms with Crippen molar-refractivity contribution >= 4 is 17.5 Å². The summed E-state index contributed by atoms with van der Waals surface area (Å²) in [6.45, 7) is 3.55. The zero-order valence-corrected chi connectivity index (χ0v) is 19.1. The van der Waals surface area contributed by atoms with Crippen molar-refractivity contribution in [1.82, 2.24) is 15.2 Å². The first-order chi connectivity index (χ1) is 15.7. The lowest BCUT2D eigenvalue weighted by atomic mass is 9.79. The van der Waals surface area contributed by atoms with Crippen molar-refractivity contribution in [3.63, 3.8) is 0 Å². The minimum atomic E-state index is -0.404. The lowest BCUT2D eigenvalue weighted by Crippen LogP contribution is -2.62. The smallest absolute Gasteiger partial charge is 0.240 e. The van der Waals surface area contributed by atoms with Crippen LogP contribution in [0.2, 0.25) is 5.02 Å². The van der Waals surface area contributed by atoms with Crippen molar-refractivity contribution in [2.75, 3.05) is 32.8 Å². The predicted molar refractivity (Wildman–Crippen MR) is 124 cm³/mol. The number of nitrogens with zero attached hydrogens (tertiary/aromatic N) is 2. The molecule has 170 valence electrons. The molecule has 3 aliphatic rings. The van der Waals surface area contributed by atoms with Gasteiger partial charge in [-0.2, -0.15) is 0 Å². The number of hydrogen-bond acceptors (Lipinski definition) is 5. The van der Waals surface area contributed by atoms with E-state index in [2.05, 4.69) is 15.2 Å². The molecular weight excluding hydrogens is 426 g/mol. The first-order valence-corrected chi connectivity index (χ1v) is 12.0. The Kier molecular flexibility index (Phi) is 6.35. The molecule has 32 heavy (non-hydrogen) atoms. The van der Waals surface area contributed by atoms with Gasteiger partial charge in [0, 0.05) is 48.1 Å². The number of nitrogens with one attached hydrogen (secondary N) is 1. The van der Waals surface area contributed by atoms with E-state index >= 15 is 0 Å². The number of hydrogen-bond donors (Lipinski definition) is 1. The van der Waals surface area contributed by atoms with Gasteiger partial charge in [-0.3, -0.25) is 14.7 Å². The number of amides is 1. The molecule has 1 saturated carbocycles. The molecular formula is C25H30ClN3O3. The number of carbonyl (C=O) groups excluding carboxylic acids is 1. The van der Waals surface area contributed by atoms with Crippen LogP contribution in [0.1, 0.15) is 37.7 Å². The summed E-state index contributed by atoms with van der Waals surface area (Å²) in [5.41, 5.74) is 2.68. The van der Waals surface area contributed by atoms with Crippen LogP contribution in [0.4, 0.5) is 0 Å². The molecule has 2 aromatic rings. The number of pyridine rings is 1. The van der Waals surface area contributed by atoms with Crippen LogP contribution in [0.15, 0.2) is 36.7 Å². The average Bonchev–Trinajstić information content (AvgIpc) is 3.26. The number of benzene rings is 1. The summed E-state index contributed by atoms with van der Waals surface area (Å²) in [5.74, 6) is 1.01. The number of carbonyl (C=O) groups is 1. The molecule has 1 amide bonds. The van der Waals surface area contributed by atoms with E-state index in [1.807, 2.05) is 24.3 Å². The topological polar surface area (TPSA) is 63.7 Å². The fourth-order valence-corrected chi connectivity index (χ4v) is 5.68. The highest BCUT2D eigenvalue weighted by molar-refractivity contribution is 6.31. The van der Waals surface area contributed by atoms with E-state index in [1.165, 1.54) is 6.42 Å². The lowest BCUT2D eigenvalue weighted by molar-refractivity contribution is -0.140. The SMILES string of the molecule is O=C(NC[C@H]1Cc2cc(Cl)cc(-c3ccncc3)c2O1)C1(N2CCOCC2)CCCCC1. The Morgan fingerprint density at radius 3 is 2.66 bits per heavy atom. The molecule has 2 aliphatic heterocycles. The van der Waals surface area contributed by atoms with Gasteiger partial charge >= 0.3 is 0 Å². The van der Waals surface area contributed by atoms with Gasteiger partial charge in [0.2, 0.25) is 5.91 Å². The number of ether oxygens (including phenoxy) is 2. The van der Waals surface area contributed by atoms with Crippen molar-refractivity contribution in [2.24, 2.45) is 0 Å². The van der Waals surface area contributed by atoms with Crippen molar-refractivity contribution in [2.45, 2.75) is 50.2 Å². The summed E-state index contributed by atoms with van der Waals surface area (Å²) in [5, 5.41) is 3.94. The molecule has 1 atom stereocenters. The van der Waals surface area contributed by atoms with Crippen LogP contribution in [0.3, 0.4) is 0 Å². The Hall–Kier alpha value is -2.15. The summed E-state index contributed by atoms with van der Waals surface area (Å²) >= 11 is 6.40. The summed E-state index contributed by atoms with van der Waals surface area (Å²) in [4.78, 5) is 20.0. The second-order valence-electron chi connectivity index (χ2n) is 9.02. The van der Waals surface area contributed by atoms with Crippen molar-refractivity contribution < 1.29 is 14.3 Å². The minimum absolute atomic E-state index is 0.0988. The standard InChI is InChI=1S/C25H30ClN3O3/c26-20-14-19-15-21(32-23(19)22(16-20)18-4-8-27-9-5-18)17-28-24(30)25(6-2-1-3-7-25)29-10-12-31-13-11-29/h4-5,8-9,14,16,21H,1-3,6-7,10-13,15,17H2,(H,28,30)/t21-/m1/s1. The molecule has 1 aromatic heterocycles. The number of morpholine rings is 1. The molecule has 7 heteroatoms. The Balaban J connectivity index is 1.29. The maximum atomic E-state index is 13.5. The van der Waals surface area contributed by atoms with Crippen LogP contribution >= 0.6 is 11.6 Å². The summed E-state index contributed by atoms with van der Waals surface area (Å²) < 4.78 is 11.9. The lowest BCUT2D eigenvalue weighted by Gasteiger charge is -2.46. The fraction of sp³-hybridized carbons (Fsp3) is 0.520. The van der Waals surface area contributed by atoms with E-state index in [0.29, 0.717) is 24.8 Å². The van der Waals surface area contributed by atoms with Gasteiger partial charge in [0.1, 0.15) is 17.4 Å². The van der Waals surface area contributed by atoms with Crippen LogP contribution in [0, 0.1) is 0 Å². The van der Waals surface area contributed by atoms with Crippen molar-refractivity contribution in [3.8, 4) is 16.9 Å². The van der Waals surface area contributed by atoms with Gasteiger partial charge in [0.05, 0.1) is 19.8 Å². The van der Waals surface area contributed by atoms with E-state index in [0.717, 1.165) is 67.6 Å². The Labute approximate surface area is 194 Å². The van der Waals surface area contributed by atoms with Crippen molar-refractivity contribution in [1.29, 1.82) is 0 Å². The molecule has 0 unspecified atom stereocenters. The van der Waals surface area contributed by atoms with Crippen LogP contribution in [0.25, 0.3) is 11.1 Å². The normalized spacial score (nSPS) is 22.7.